The SMILES string of the molecule is CCCC[C@@H](NC(=O)c1cccc(F)c1F)C(N)=O. The molecule has 0 radical (unpaired) electrons. The number of hydrogen-bond acceptors (Lipinski definition) is 2. The monoisotopic (exact) mass is 270 g/mol. The van der Waals surface area contributed by atoms with Crippen LogP contribution in [0.1, 0.15) is 36.5 Å². The molecule has 1 rings (SSSR count). The fourth-order valence-electron chi connectivity index (χ4n) is 1.61. The zero-order chi connectivity index (χ0) is 14.4. The number of nitrogens with one attached hydrogen (secondary N) is 1. The van der Waals surface area contributed by atoms with Crippen molar-refractivity contribution in [1.29, 1.82) is 0 Å². The van der Waals surface area contributed by atoms with Crippen LogP contribution in [0, 0.1) is 11.6 Å². The molecule has 0 fully saturated rings. The maximum Gasteiger partial charge on any atom is 0.255 e. The van der Waals surface area contributed by atoms with E-state index in [1.807, 2.05) is 6.92 Å². The van der Waals surface area contributed by atoms with Gasteiger partial charge in [0, 0.05) is 0 Å². The van der Waals surface area contributed by atoms with Gasteiger partial charge in [-0.1, -0.05) is 25.8 Å². The van der Waals surface area contributed by atoms with Gasteiger partial charge in [0.2, 0.25) is 5.91 Å². The largest absolute Gasteiger partial charge is 0.368 e. The van der Waals surface area contributed by atoms with Crippen molar-refractivity contribution in [2.24, 2.45) is 5.73 Å². The molecule has 0 heterocycles. The molecule has 0 bridgehead atoms. The first kappa shape index (κ1) is 15.1. The molecule has 1 atom stereocenters. The van der Waals surface area contributed by atoms with E-state index in [1.165, 1.54) is 6.07 Å². The van der Waals surface area contributed by atoms with Crippen molar-refractivity contribution in [1.82, 2.24) is 5.32 Å². The fourth-order valence-corrected chi connectivity index (χ4v) is 1.61. The second-order valence-corrected chi connectivity index (χ2v) is 4.17. The van der Waals surface area contributed by atoms with Crippen molar-refractivity contribution in [3.05, 3.63) is 35.4 Å². The third-order valence-electron chi connectivity index (χ3n) is 2.69. The Morgan fingerprint density at radius 3 is 2.63 bits per heavy atom. The second-order valence-electron chi connectivity index (χ2n) is 4.17. The van der Waals surface area contributed by atoms with Crippen molar-refractivity contribution in [3.8, 4) is 0 Å². The van der Waals surface area contributed by atoms with Gasteiger partial charge in [0.05, 0.1) is 5.56 Å². The van der Waals surface area contributed by atoms with Crippen molar-refractivity contribution in [2.75, 3.05) is 0 Å². The van der Waals surface area contributed by atoms with E-state index < -0.39 is 35.1 Å². The van der Waals surface area contributed by atoms with E-state index in [4.69, 9.17) is 5.73 Å². The van der Waals surface area contributed by atoms with Crippen LogP contribution in [0.3, 0.4) is 0 Å². The van der Waals surface area contributed by atoms with Crippen LogP contribution in [0.4, 0.5) is 8.78 Å². The molecule has 0 saturated heterocycles. The minimum absolute atomic E-state index is 0.370. The number of nitrogens with two attached hydrogens (primary N) is 1. The third kappa shape index (κ3) is 4.01. The van der Waals surface area contributed by atoms with E-state index in [0.29, 0.717) is 12.8 Å². The van der Waals surface area contributed by atoms with E-state index in [9.17, 15) is 18.4 Å². The van der Waals surface area contributed by atoms with Gasteiger partial charge < -0.3 is 11.1 Å². The van der Waals surface area contributed by atoms with Gasteiger partial charge in [-0.2, -0.15) is 0 Å². The third-order valence-corrected chi connectivity index (χ3v) is 2.69. The summed E-state index contributed by atoms with van der Waals surface area (Å²) in [6.07, 6.45) is 1.89. The first-order chi connectivity index (χ1) is 8.97. The number of halogens is 2. The van der Waals surface area contributed by atoms with Gasteiger partial charge in [0.1, 0.15) is 6.04 Å². The Kier molecular flexibility index (Phi) is 5.41. The topological polar surface area (TPSA) is 72.2 Å². The van der Waals surface area contributed by atoms with Gasteiger partial charge in [-0.3, -0.25) is 9.59 Å². The van der Waals surface area contributed by atoms with Gasteiger partial charge >= 0.3 is 0 Å². The zero-order valence-corrected chi connectivity index (χ0v) is 10.6. The summed E-state index contributed by atoms with van der Waals surface area (Å²) in [5.74, 6) is -3.90. The van der Waals surface area contributed by atoms with Crippen molar-refractivity contribution >= 4 is 11.8 Å². The smallest absolute Gasteiger partial charge is 0.255 e. The Bertz CT molecular complexity index is 478. The lowest BCUT2D eigenvalue weighted by atomic mass is 10.1. The summed E-state index contributed by atoms with van der Waals surface area (Å²) in [5.41, 5.74) is 4.71. The van der Waals surface area contributed by atoms with Crippen molar-refractivity contribution in [2.45, 2.75) is 32.2 Å². The van der Waals surface area contributed by atoms with Crippen LogP contribution < -0.4 is 11.1 Å². The van der Waals surface area contributed by atoms with Gasteiger partial charge in [-0.15, -0.1) is 0 Å². The van der Waals surface area contributed by atoms with Crippen LogP contribution in [0.2, 0.25) is 0 Å². The standard InChI is InChI=1S/C13H16F2N2O2/c1-2-3-7-10(12(16)18)17-13(19)8-5-4-6-9(14)11(8)15/h4-6,10H,2-3,7H2,1H3,(H2,16,18)(H,17,19)/t10-/m1/s1. The molecular formula is C13H16F2N2O2. The molecule has 1 aromatic rings. The van der Waals surface area contributed by atoms with Gasteiger partial charge in [-0.25, -0.2) is 8.78 Å². The molecule has 4 nitrogen and oxygen atoms in total. The number of amides is 2. The molecule has 19 heavy (non-hydrogen) atoms. The summed E-state index contributed by atoms with van der Waals surface area (Å²) in [6.45, 7) is 1.92. The fraction of sp³-hybridized carbons (Fsp3) is 0.385. The summed E-state index contributed by atoms with van der Waals surface area (Å²) in [5, 5.41) is 2.32. The summed E-state index contributed by atoms with van der Waals surface area (Å²) in [7, 11) is 0. The molecule has 0 aliphatic rings. The average Bonchev–Trinajstić information content (AvgIpc) is 2.37. The molecule has 0 aliphatic heterocycles. The summed E-state index contributed by atoms with van der Waals surface area (Å²) < 4.78 is 26.4. The van der Waals surface area contributed by atoms with E-state index in [1.54, 1.807) is 0 Å². The molecule has 0 aromatic heterocycles. The number of primary amides is 1. The highest BCUT2D eigenvalue weighted by atomic mass is 19.2. The first-order valence-corrected chi connectivity index (χ1v) is 6.01. The number of carbonyl (C=O) groups excluding carboxylic acids is 2. The van der Waals surface area contributed by atoms with E-state index in [0.717, 1.165) is 18.6 Å². The maximum absolute atomic E-state index is 13.4. The second kappa shape index (κ2) is 6.82. The molecular weight excluding hydrogens is 254 g/mol. The van der Waals surface area contributed by atoms with Gasteiger partial charge in [0.25, 0.3) is 5.91 Å². The molecule has 2 amide bonds. The van der Waals surface area contributed by atoms with Crippen molar-refractivity contribution in [3.63, 3.8) is 0 Å². The molecule has 0 saturated carbocycles. The Hall–Kier alpha value is -1.98. The summed E-state index contributed by atoms with van der Waals surface area (Å²) in [4.78, 5) is 22.9. The summed E-state index contributed by atoms with van der Waals surface area (Å²) in [6, 6.07) is 2.40. The van der Waals surface area contributed by atoms with E-state index >= 15 is 0 Å². The van der Waals surface area contributed by atoms with Crippen LogP contribution in [-0.4, -0.2) is 17.9 Å². The molecule has 104 valence electrons. The molecule has 0 unspecified atom stereocenters. The molecule has 1 aromatic carbocycles. The average molecular weight is 270 g/mol. The van der Waals surface area contributed by atoms with Crippen LogP contribution in [0.5, 0.6) is 0 Å². The van der Waals surface area contributed by atoms with Crippen molar-refractivity contribution < 1.29 is 18.4 Å². The van der Waals surface area contributed by atoms with Gasteiger partial charge in [0.15, 0.2) is 11.6 Å². The highest BCUT2D eigenvalue weighted by Crippen LogP contribution is 2.12. The lowest BCUT2D eigenvalue weighted by Gasteiger charge is -2.15. The molecule has 0 aliphatic carbocycles. The Labute approximate surface area is 110 Å². The lowest BCUT2D eigenvalue weighted by Crippen LogP contribution is -2.44. The van der Waals surface area contributed by atoms with E-state index in [-0.39, 0.29) is 0 Å². The number of benzene rings is 1. The predicted molar refractivity (Wildman–Crippen MR) is 66.3 cm³/mol. The number of unbranched alkanes of at least 4 members (excludes halogenated alkanes) is 1. The normalized spacial score (nSPS) is 11.9. The van der Waals surface area contributed by atoms with Crippen LogP contribution in [-0.2, 0) is 4.79 Å². The first-order valence-electron chi connectivity index (χ1n) is 6.01. The Morgan fingerprint density at radius 1 is 1.37 bits per heavy atom. The summed E-state index contributed by atoms with van der Waals surface area (Å²) >= 11 is 0. The number of rotatable bonds is 6. The molecule has 3 N–H and O–H groups in total. The Balaban J connectivity index is 2.82. The maximum atomic E-state index is 13.4. The highest BCUT2D eigenvalue weighted by Gasteiger charge is 2.21. The number of hydrogen-bond donors (Lipinski definition) is 2. The molecule has 0 spiro atoms. The van der Waals surface area contributed by atoms with Crippen LogP contribution >= 0.6 is 0 Å². The van der Waals surface area contributed by atoms with Crippen LogP contribution in [0.25, 0.3) is 0 Å². The van der Waals surface area contributed by atoms with E-state index in [2.05, 4.69) is 5.32 Å². The lowest BCUT2D eigenvalue weighted by molar-refractivity contribution is -0.120. The highest BCUT2D eigenvalue weighted by molar-refractivity contribution is 5.97. The zero-order valence-electron chi connectivity index (χ0n) is 10.6. The van der Waals surface area contributed by atoms with Crippen LogP contribution in [0.15, 0.2) is 18.2 Å². The quantitative estimate of drug-likeness (QED) is 0.826. The predicted octanol–water partition coefficient (Wildman–Crippen LogP) is 1.74. The van der Waals surface area contributed by atoms with Gasteiger partial charge in [-0.05, 0) is 18.6 Å². The Morgan fingerprint density at radius 2 is 2.05 bits per heavy atom. The number of carbonyl (C=O) groups is 2. The minimum Gasteiger partial charge on any atom is -0.368 e. The minimum atomic E-state index is -1.24. The molecule has 6 heteroatoms.